The van der Waals surface area contributed by atoms with Gasteiger partial charge in [0.1, 0.15) is 4.90 Å². The molecule has 0 radical (unpaired) electrons. The fourth-order valence-electron chi connectivity index (χ4n) is 1.16. The minimum Gasteiger partial charge on any atom is -0.504 e. The molecule has 0 aromatic heterocycles. The third-order valence-electron chi connectivity index (χ3n) is 1.81. The van der Waals surface area contributed by atoms with Crippen LogP contribution in [0.5, 0.6) is 11.5 Å². The number of aryl methyl sites for hydroxylation is 1. The summed E-state index contributed by atoms with van der Waals surface area (Å²) in [5.74, 6) is -2.39. The standard InChI is InChI=1S/C8H8ClFO4S/c1-4-3-5(15(9,12)13)7(11)6(10)8(4)14-2/h3,11H,1-2H3. The Morgan fingerprint density at radius 1 is 1.53 bits per heavy atom. The first-order valence-electron chi connectivity index (χ1n) is 3.79. The minimum absolute atomic E-state index is 0.212. The molecule has 0 saturated carbocycles. The molecular formula is C8H8ClFO4S. The molecule has 0 heterocycles. The molecule has 0 amide bonds. The Morgan fingerprint density at radius 2 is 2.07 bits per heavy atom. The van der Waals surface area contributed by atoms with Crippen molar-refractivity contribution in [2.24, 2.45) is 0 Å². The Morgan fingerprint density at radius 3 is 2.47 bits per heavy atom. The summed E-state index contributed by atoms with van der Waals surface area (Å²) in [4.78, 5) is -0.667. The van der Waals surface area contributed by atoms with Crippen molar-refractivity contribution >= 4 is 19.7 Å². The van der Waals surface area contributed by atoms with Gasteiger partial charge in [-0.25, -0.2) is 8.42 Å². The molecule has 84 valence electrons. The highest BCUT2D eigenvalue weighted by atomic mass is 35.7. The minimum atomic E-state index is -4.18. The third-order valence-corrected chi connectivity index (χ3v) is 3.15. The lowest BCUT2D eigenvalue weighted by atomic mass is 10.2. The highest BCUT2D eigenvalue weighted by molar-refractivity contribution is 8.13. The smallest absolute Gasteiger partial charge is 0.265 e. The van der Waals surface area contributed by atoms with Gasteiger partial charge in [0.25, 0.3) is 9.05 Å². The van der Waals surface area contributed by atoms with Crippen molar-refractivity contribution in [2.45, 2.75) is 11.8 Å². The summed E-state index contributed by atoms with van der Waals surface area (Å²) in [6.45, 7) is 1.44. The molecule has 0 aliphatic rings. The number of methoxy groups -OCH3 is 1. The van der Waals surface area contributed by atoms with E-state index in [0.717, 1.165) is 6.07 Å². The van der Waals surface area contributed by atoms with Gasteiger partial charge < -0.3 is 9.84 Å². The van der Waals surface area contributed by atoms with E-state index in [1.807, 2.05) is 0 Å². The van der Waals surface area contributed by atoms with E-state index >= 15 is 0 Å². The van der Waals surface area contributed by atoms with E-state index in [9.17, 15) is 17.9 Å². The van der Waals surface area contributed by atoms with Crippen LogP contribution in [0, 0.1) is 12.7 Å². The number of ether oxygens (including phenoxy) is 1. The van der Waals surface area contributed by atoms with Gasteiger partial charge >= 0.3 is 0 Å². The number of aromatic hydroxyl groups is 1. The number of halogens is 2. The van der Waals surface area contributed by atoms with Crippen LogP contribution in [0.3, 0.4) is 0 Å². The van der Waals surface area contributed by atoms with Gasteiger partial charge in [0.2, 0.25) is 5.82 Å². The maximum atomic E-state index is 13.4. The fraction of sp³-hybridized carbons (Fsp3) is 0.250. The maximum Gasteiger partial charge on any atom is 0.265 e. The molecule has 0 aliphatic heterocycles. The molecule has 1 N–H and O–H groups in total. The number of hydrogen-bond acceptors (Lipinski definition) is 4. The molecule has 0 saturated heterocycles. The second-order valence-corrected chi connectivity index (χ2v) is 5.36. The second kappa shape index (κ2) is 3.86. The van der Waals surface area contributed by atoms with Gasteiger partial charge in [-0.1, -0.05) is 0 Å². The summed E-state index contributed by atoms with van der Waals surface area (Å²) in [6, 6.07) is 1.04. The average molecular weight is 255 g/mol. The first-order chi connectivity index (χ1) is 6.79. The van der Waals surface area contributed by atoms with Crippen LogP contribution in [0.4, 0.5) is 4.39 Å². The van der Waals surface area contributed by atoms with E-state index in [1.54, 1.807) is 0 Å². The molecule has 1 aromatic carbocycles. The van der Waals surface area contributed by atoms with Crippen LogP contribution in [0.25, 0.3) is 0 Å². The molecular weight excluding hydrogens is 247 g/mol. The number of benzene rings is 1. The van der Waals surface area contributed by atoms with Crippen molar-refractivity contribution in [3.63, 3.8) is 0 Å². The fourth-order valence-corrected chi connectivity index (χ4v) is 2.15. The van der Waals surface area contributed by atoms with Crippen molar-refractivity contribution in [1.82, 2.24) is 0 Å². The largest absolute Gasteiger partial charge is 0.504 e. The number of phenolic OH excluding ortho intramolecular Hbond substituents is 1. The first kappa shape index (κ1) is 12.1. The van der Waals surface area contributed by atoms with Gasteiger partial charge in [-0.05, 0) is 18.6 Å². The predicted octanol–water partition coefficient (Wildman–Crippen LogP) is 1.78. The topological polar surface area (TPSA) is 63.6 Å². The van der Waals surface area contributed by atoms with Crippen LogP contribution < -0.4 is 4.74 Å². The Bertz CT molecular complexity index is 498. The molecule has 0 fully saturated rings. The molecule has 7 heteroatoms. The van der Waals surface area contributed by atoms with Crippen molar-refractivity contribution in [3.05, 3.63) is 17.4 Å². The van der Waals surface area contributed by atoms with Gasteiger partial charge in [0, 0.05) is 10.7 Å². The quantitative estimate of drug-likeness (QED) is 0.817. The van der Waals surface area contributed by atoms with Gasteiger partial charge in [-0.15, -0.1) is 0 Å². The zero-order chi connectivity index (χ0) is 11.8. The highest BCUT2D eigenvalue weighted by Gasteiger charge is 2.23. The SMILES string of the molecule is COc1c(C)cc(S(=O)(=O)Cl)c(O)c1F. The molecule has 0 atom stereocenters. The molecule has 15 heavy (non-hydrogen) atoms. The summed E-state index contributed by atoms with van der Waals surface area (Å²) in [5, 5.41) is 9.25. The van der Waals surface area contributed by atoms with E-state index in [0.29, 0.717) is 0 Å². The molecule has 0 spiro atoms. The Hall–Kier alpha value is -1.01. The summed E-state index contributed by atoms with van der Waals surface area (Å²) in [5.41, 5.74) is 0.229. The van der Waals surface area contributed by atoms with E-state index in [4.69, 9.17) is 10.7 Å². The normalized spacial score (nSPS) is 11.5. The van der Waals surface area contributed by atoms with Crippen molar-refractivity contribution in [3.8, 4) is 11.5 Å². The Kier molecular flexibility index (Phi) is 3.11. The first-order valence-corrected chi connectivity index (χ1v) is 6.10. The van der Waals surface area contributed by atoms with E-state index in [2.05, 4.69) is 4.74 Å². The summed E-state index contributed by atoms with van der Waals surface area (Å²) < 4.78 is 39.9. The zero-order valence-electron chi connectivity index (χ0n) is 7.91. The number of rotatable bonds is 2. The third kappa shape index (κ3) is 2.15. The van der Waals surface area contributed by atoms with Crippen LogP contribution >= 0.6 is 10.7 Å². The average Bonchev–Trinajstić information content (AvgIpc) is 2.10. The molecule has 0 unspecified atom stereocenters. The van der Waals surface area contributed by atoms with Crippen LogP contribution in [0.2, 0.25) is 0 Å². The van der Waals surface area contributed by atoms with Crippen LogP contribution in [-0.4, -0.2) is 20.6 Å². The zero-order valence-corrected chi connectivity index (χ0v) is 9.49. The molecule has 0 aliphatic carbocycles. The van der Waals surface area contributed by atoms with E-state index in [1.165, 1.54) is 14.0 Å². The van der Waals surface area contributed by atoms with Gasteiger partial charge in [0.05, 0.1) is 7.11 Å². The number of hydrogen-bond donors (Lipinski definition) is 1. The van der Waals surface area contributed by atoms with E-state index < -0.39 is 25.5 Å². The maximum absolute atomic E-state index is 13.4. The Labute approximate surface area is 90.7 Å². The van der Waals surface area contributed by atoms with Crippen LogP contribution in [0.15, 0.2) is 11.0 Å². The molecule has 1 rings (SSSR count). The van der Waals surface area contributed by atoms with Crippen molar-refractivity contribution in [1.29, 1.82) is 0 Å². The molecule has 4 nitrogen and oxygen atoms in total. The second-order valence-electron chi connectivity index (χ2n) is 2.83. The summed E-state index contributed by atoms with van der Waals surface area (Å²) in [7, 11) is 2.04. The van der Waals surface area contributed by atoms with Crippen LogP contribution in [-0.2, 0) is 9.05 Å². The van der Waals surface area contributed by atoms with Crippen molar-refractivity contribution in [2.75, 3.05) is 7.11 Å². The monoisotopic (exact) mass is 254 g/mol. The van der Waals surface area contributed by atoms with Crippen LogP contribution in [0.1, 0.15) is 5.56 Å². The van der Waals surface area contributed by atoms with Crippen molar-refractivity contribution < 1.29 is 22.7 Å². The molecule has 0 bridgehead atoms. The van der Waals surface area contributed by atoms with E-state index in [-0.39, 0.29) is 11.3 Å². The summed E-state index contributed by atoms with van der Waals surface area (Å²) in [6.07, 6.45) is 0. The highest BCUT2D eigenvalue weighted by Crippen LogP contribution is 2.36. The number of phenols is 1. The van der Waals surface area contributed by atoms with Gasteiger partial charge in [-0.3, -0.25) is 0 Å². The Balaban J connectivity index is 3.62. The predicted molar refractivity (Wildman–Crippen MR) is 52.4 cm³/mol. The van der Waals surface area contributed by atoms with Gasteiger partial charge in [0.15, 0.2) is 11.5 Å². The van der Waals surface area contributed by atoms with Gasteiger partial charge in [-0.2, -0.15) is 4.39 Å². The lowest BCUT2D eigenvalue weighted by Crippen LogP contribution is -1.99. The summed E-state index contributed by atoms with van der Waals surface area (Å²) >= 11 is 0. The lowest BCUT2D eigenvalue weighted by Gasteiger charge is -2.09. The molecule has 1 aromatic rings. The lowest BCUT2D eigenvalue weighted by molar-refractivity contribution is 0.356.